The molecule has 3 aromatic rings. The van der Waals surface area contributed by atoms with Crippen LogP contribution in [-0.4, -0.2) is 34.4 Å². The molecular formula is C17H17N3O4. The van der Waals surface area contributed by atoms with Gasteiger partial charge in [0, 0.05) is 18.2 Å². The van der Waals surface area contributed by atoms with E-state index in [2.05, 4.69) is 15.5 Å². The number of carbonyl (C=O) groups excluding carboxylic acids is 1. The molecule has 1 aromatic carbocycles. The number of rotatable bonds is 7. The van der Waals surface area contributed by atoms with Crippen molar-refractivity contribution >= 4 is 5.91 Å². The number of ether oxygens (including phenoxy) is 1. The maximum atomic E-state index is 12.2. The third kappa shape index (κ3) is 3.64. The molecule has 0 bridgehead atoms. The average Bonchev–Trinajstić information content (AvgIpc) is 3.29. The van der Waals surface area contributed by atoms with Gasteiger partial charge in [0.1, 0.15) is 18.1 Å². The smallest absolute Gasteiger partial charge is 0.272 e. The summed E-state index contributed by atoms with van der Waals surface area (Å²) in [5.41, 5.74) is 1.73. The van der Waals surface area contributed by atoms with Crippen LogP contribution >= 0.6 is 0 Å². The average molecular weight is 327 g/mol. The van der Waals surface area contributed by atoms with Gasteiger partial charge in [-0.15, -0.1) is 0 Å². The number of H-pyrrole nitrogens is 1. The Kier molecular flexibility index (Phi) is 4.93. The molecule has 0 saturated heterocycles. The van der Waals surface area contributed by atoms with E-state index >= 15 is 0 Å². The number of aliphatic hydroxyl groups excluding tert-OH is 1. The first-order valence-electron chi connectivity index (χ1n) is 7.47. The van der Waals surface area contributed by atoms with Gasteiger partial charge in [-0.2, -0.15) is 5.10 Å². The van der Waals surface area contributed by atoms with E-state index in [-0.39, 0.29) is 24.8 Å². The number of aromatic amines is 1. The van der Waals surface area contributed by atoms with Gasteiger partial charge in [0.25, 0.3) is 5.91 Å². The lowest BCUT2D eigenvalue weighted by Crippen LogP contribution is -2.23. The standard InChI is InChI=1S/C17H17N3O4/c21-7-9-24-15-5-2-1-4-12(15)11-18-17(22)14-10-13(19-20-14)16-6-3-8-23-16/h1-6,8,10,21H,7,9,11H2,(H,18,22)(H,19,20). The highest BCUT2D eigenvalue weighted by Crippen LogP contribution is 2.19. The summed E-state index contributed by atoms with van der Waals surface area (Å²) in [7, 11) is 0. The molecule has 124 valence electrons. The van der Waals surface area contributed by atoms with Crippen molar-refractivity contribution in [2.24, 2.45) is 0 Å². The lowest BCUT2D eigenvalue weighted by atomic mass is 10.2. The second-order valence-corrected chi connectivity index (χ2v) is 5.01. The van der Waals surface area contributed by atoms with Crippen molar-refractivity contribution < 1.29 is 19.1 Å². The summed E-state index contributed by atoms with van der Waals surface area (Å²) in [5.74, 6) is 0.940. The number of amides is 1. The Balaban J connectivity index is 1.64. The van der Waals surface area contributed by atoms with Crippen LogP contribution < -0.4 is 10.1 Å². The van der Waals surface area contributed by atoms with Gasteiger partial charge >= 0.3 is 0 Å². The lowest BCUT2D eigenvalue weighted by molar-refractivity contribution is 0.0945. The summed E-state index contributed by atoms with van der Waals surface area (Å²) in [4.78, 5) is 12.2. The molecule has 1 amide bonds. The molecule has 0 fully saturated rings. The van der Waals surface area contributed by atoms with Crippen LogP contribution in [0.5, 0.6) is 5.75 Å². The van der Waals surface area contributed by atoms with Crippen LogP contribution in [0.25, 0.3) is 11.5 Å². The number of nitrogens with zero attached hydrogens (tertiary/aromatic N) is 1. The van der Waals surface area contributed by atoms with E-state index in [1.807, 2.05) is 18.2 Å². The molecule has 0 aliphatic heterocycles. The summed E-state index contributed by atoms with van der Waals surface area (Å²) >= 11 is 0. The molecule has 2 aromatic heterocycles. The molecule has 0 aliphatic carbocycles. The number of benzene rings is 1. The number of hydrogen-bond donors (Lipinski definition) is 3. The Morgan fingerprint density at radius 2 is 2.17 bits per heavy atom. The minimum atomic E-state index is -0.305. The Hall–Kier alpha value is -3.06. The van der Waals surface area contributed by atoms with Crippen molar-refractivity contribution in [1.82, 2.24) is 15.5 Å². The maximum Gasteiger partial charge on any atom is 0.272 e. The van der Waals surface area contributed by atoms with Gasteiger partial charge in [-0.05, 0) is 18.2 Å². The topological polar surface area (TPSA) is 100 Å². The van der Waals surface area contributed by atoms with Gasteiger partial charge in [0.2, 0.25) is 0 Å². The number of aliphatic hydroxyl groups is 1. The van der Waals surface area contributed by atoms with E-state index in [9.17, 15) is 4.79 Å². The summed E-state index contributed by atoms with van der Waals surface area (Å²) in [5, 5.41) is 18.4. The quantitative estimate of drug-likeness (QED) is 0.616. The normalized spacial score (nSPS) is 10.5. The summed E-state index contributed by atoms with van der Waals surface area (Å²) in [6, 6.07) is 12.5. The Bertz CT molecular complexity index is 796. The molecule has 2 heterocycles. The van der Waals surface area contributed by atoms with Gasteiger partial charge in [-0.3, -0.25) is 9.89 Å². The van der Waals surface area contributed by atoms with Crippen molar-refractivity contribution in [2.45, 2.75) is 6.54 Å². The molecule has 24 heavy (non-hydrogen) atoms. The third-order valence-electron chi connectivity index (χ3n) is 3.36. The predicted molar refractivity (Wildman–Crippen MR) is 86.5 cm³/mol. The van der Waals surface area contributed by atoms with Crippen LogP contribution in [0.15, 0.2) is 53.1 Å². The first-order valence-corrected chi connectivity index (χ1v) is 7.47. The summed E-state index contributed by atoms with van der Waals surface area (Å²) < 4.78 is 10.7. The largest absolute Gasteiger partial charge is 0.491 e. The molecule has 0 unspecified atom stereocenters. The van der Waals surface area contributed by atoms with Crippen molar-refractivity contribution in [1.29, 1.82) is 0 Å². The van der Waals surface area contributed by atoms with E-state index in [0.717, 1.165) is 5.56 Å². The van der Waals surface area contributed by atoms with Crippen LogP contribution in [0, 0.1) is 0 Å². The van der Waals surface area contributed by atoms with Gasteiger partial charge in [0.05, 0.1) is 12.9 Å². The van der Waals surface area contributed by atoms with E-state index < -0.39 is 0 Å². The third-order valence-corrected chi connectivity index (χ3v) is 3.36. The number of hydrogen-bond acceptors (Lipinski definition) is 5. The second kappa shape index (κ2) is 7.47. The van der Waals surface area contributed by atoms with Gasteiger partial charge in [-0.1, -0.05) is 18.2 Å². The Morgan fingerprint density at radius 3 is 2.96 bits per heavy atom. The number of nitrogens with one attached hydrogen (secondary N) is 2. The molecule has 0 saturated carbocycles. The minimum absolute atomic E-state index is 0.0660. The fourth-order valence-electron chi connectivity index (χ4n) is 2.21. The monoisotopic (exact) mass is 327 g/mol. The molecular weight excluding hydrogens is 310 g/mol. The minimum Gasteiger partial charge on any atom is -0.491 e. The highest BCUT2D eigenvalue weighted by atomic mass is 16.5. The lowest BCUT2D eigenvalue weighted by Gasteiger charge is -2.10. The SMILES string of the molecule is O=C(NCc1ccccc1OCCO)c1cc(-c2ccco2)[nH]n1. The fourth-order valence-corrected chi connectivity index (χ4v) is 2.21. The van der Waals surface area contributed by atoms with Crippen LogP contribution in [0.2, 0.25) is 0 Å². The zero-order valence-electron chi connectivity index (χ0n) is 12.9. The Labute approximate surface area is 138 Å². The van der Waals surface area contributed by atoms with Gasteiger partial charge < -0.3 is 19.6 Å². The number of furan rings is 1. The second-order valence-electron chi connectivity index (χ2n) is 5.01. The molecule has 7 heteroatoms. The molecule has 0 aliphatic rings. The van der Waals surface area contributed by atoms with Crippen LogP contribution in [-0.2, 0) is 6.54 Å². The zero-order valence-corrected chi connectivity index (χ0v) is 12.9. The van der Waals surface area contributed by atoms with Crippen molar-refractivity contribution in [3.8, 4) is 17.2 Å². The number of para-hydroxylation sites is 1. The van der Waals surface area contributed by atoms with Crippen molar-refractivity contribution in [3.05, 3.63) is 60.0 Å². The zero-order chi connectivity index (χ0) is 16.8. The fraction of sp³-hybridized carbons (Fsp3) is 0.176. The van der Waals surface area contributed by atoms with Crippen LogP contribution in [0.3, 0.4) is 0 Å². The van der Waals surface area contributed by atoms with Gasteiger partial charge in [0.15, 0.2) is 11.5 Å². The van der Waals surface area contributed by atoms with Crippen molar-refractivity contribution in [2.75, 3.05) is 13.2 Å². The predicted octanol–water partition coefficient (Wildman–Crippen LogP) is 1.97. The molecule has 0 atom stereocenters. The summed E-state index contributed by atoms with van der Waals surface area (Å²) in [6.45, 7) is 0.434. The first kappa shape index (κ1) is 15.8. The van der Waals surface area contributed by atoms with Crippen molar-refractivity contribution in [3.63, 3.8) is 0 Å². The van der Waals surface area contributed by atoms with E-state index in [0.29, 0.717) is 23.7 Å². The molecule has 3 N–H and O–H groups in total. The van der Waals surface area contributed by atoms with E-state index in [1.165, 1.54) is 0 Å². The van der Waals surface area contributed by atoms with Gasteiger partial charge in [-0.25, -0.2) is 0 Å². The summed E-state index contributed by atoms with van der Waals surface area (Å²) in [6.07, 6.45) is 1.55. The van der Waals surface area contributed by atoms with Crippen LogP contribution in [0.4, 0.5) is 0 Å². The Morgan fingerprint density at radius 1 is 1.29 bits per heavy atom. The maximum absolute atomic E-state index is 12.2. The first-order chi connectivity index (χ1) is 11.8. The molecule has 0 radical (unpaired) electrons. The van der Waals surface area contributed by atoms with Crippen LogP contribution in [0.1, 0.15) is 16.1 Å². The van der Waals surface area contributed by atoms with E-state index in [1.54, 1.807) is 30.5 Å². The highest BCUT2D eigenvalue weighted by Gasteiger charge is 2.13. The molecule has 7 nitrogen and oxygen atoms in total. The van der Waals surface area contributed by atoms with E-state index in [4.69, 9.17) is 14.3 Å². The molecule has 3 rings (SSSR count). The highest BCUT2D eigenvalue weighted by molar-refractivity contribution is 5.93. The number of aromatic nitrogens is 2. The molecule has 0 spiro atoms. The number of carbonyl (C=O) groups is 1.